The van der Waals surface area contributed by atoms with Crippen LogP contribution in [0.15, 0.2) is 48.5 Å². The lowest BCUT2D eigenvalue weighted by Crippen LogP contribution is -2.47. The lowest BCUT2D eigenvalue weighted by molar-refractivity contribution is -0.117. The van der Waals surface area contributed by atoms with Crippen LogP contribution in [0.3, 0.4) is 0 Å². The quantitative estimate of drug-likeness (QED) is 0.770. The van der Waals surface area contributed by atoms with E-state index in [9.17, 15) is 17.6 Å². The number of nitrogens with zero attached hydrogens (tertiary/aromatic N) is 1. The second-order valence-corrected chi connectivity index (χ2v) is 8.52. The van der Waals surface area contributed by atoms with Crippen LogP contribution in [0.4, 0.5) is 15.8 Å². The number of hydrogen-bond acceptors (Lipinski definition) is 3. The van der Waals surface area contributed by atoms with Gasteiger partial charge >= 0.3 is 0 Å². The Labute approximate surface area is 160 Å². The molecule has 27 heavy (non-hydrogen) atoms. The van der Waals surface area contributed by atoms with Gasteiger partial charge in [-0.15, -0.1) is 0 Å². The molecule has 146 valence electrons. The first-order chi connectivity index (χ1) is 12.7. The maximum atomic E-state index is 14.3. The van der Waals surface area contributed by atoms with E-state index in [1.165, 1.54) is 24.3 Å². The molecule has 0 fully saturated rings. The Hall–Kier alpha value is -2.41. The Morgan fingerprint density at radius 2 is 1.70 bits per heavy atom. The molecule has 0 aliphatic carbocycles. The van der Waals surface area contributed by atoms with E-state index in [1.807, 2.05) is 26.0 Å². The lowest BCUT2D eigenvalue weighted by Gasteiger charge is -2.30. The average Bonchev–Trinajstić information content (AvgIpc) is 2.59. The van der Waals surface area contributed by atoms with Gasteiger partial charge in [-0.05, 0) is 36.1 Å². The van der Waals surface area contributed by atoms with Gasteiger partial charge in [0.25, 0.3) is 0 Å². The van der Waals surface area contributed by atoms with Gasteiger partial charge < -0.3 is 5.32 Å². The summed E-state index contributed by atoms with van der Waals surface area (Å²) in [6.07, 6.45) is 1.16. The van der Waals surface area contributed by atoms with Gasteiger partial charge in [0.05, 0.1) is 11.9 Å². The Morgan fingerprint density at radius 1 is 1.11 bits per heavy atom. The third-order valence-corrected chi connectivity index (χ3v) is 5.43. The van der Waals surface area contributed by atoms with Gasteiger partial charge in [-0.25, -0.2) is 12.8 Å². The highest BCUT2D eigenvalue weighted by atomic mass is 32.2. The second kappa shape index (κ2) is 8.52. The molecule has 0 heterocycles. The van der Waals surface area contributed by atoms with Crippen molar-refractivity contribution in [2.45, 2.75) is 39.2 Å². The number of sulfonamides is 1. The number of carbonyl (C=O) groups is 1. The SMILES string of the molecule is CC[C@H](C(=O)Nc1ccccc1C(C)C)N(c1ccccc1F)S(C)(=O)=O. The molecule has 0 radical (unpaired) electrons. The van der Waals surface area contributed by atoms with Crippen molar-refractivity contribution in [2.75, 3.05) is 15.9 Å². The molecule has 1 amide bonds. The molecular weight excluding hydrogens is 367 g/mol. The minimum Gasteiger partial charge on any atom is -0.324 e. The molecule has 1 atom stereocenters. The smallest absolute Gasteiger partial charge is 0.248 e. The third-order valence-electron chi connectivity index (χ3n) is 4.26. The Kier molecular flexibility index (Phi) is 6.59. The van der Waals surface area contributed by atoms with Crippen molar-refractivity contribution in [2.24, 2.45) is 0 Å². The number of hydrogen-bond donors (Lipinski definition) is 1. The second-order valence-electron chi connectivity index (χ2n) is 6.67. The van der Waals surface area contributed by atoms with Crippen LogP contribution in [0, 0.1) is 5.82 Å². The highest BCUT2D eigenvalue weighted by Gasteiger charge is 2.33. The zero-order valence-electron chi connectivity index (χ0n) is 15.9. The van der Waals surface area contributed by atoms with Crippen LogP contribution in [-0.4, -0.2) is 26.6 Å². The van der Waals surface area contributed by atoms with Gasteiger partial charge in [0.1, 0.15) is 11.9 Å². The van der Waals surface area contributed by atoms with Crippen molar-refractivity contribution in [3.05, 3.63) is 59.9 Å². The molecule has 0 aliphatic rings. The first kappa shape index (κ1) is 20.9. The number of carbonyl (C=O) groups excluding carboxylic acids is 1. The topological polar surface area (TPSA) is 66.5 Å². The normalized spacial score (nSPS) is 12.7. The first-order valence-electron chi connectivity index (χ1n) is 8.80. The zero-order chi connectivity index (χ0) is 20.2. The van der Waals surface area contributed by atoms with E-state index >= 15 is 0 Å². The molecule has 2 aromatic rings. The maximum absolute atomic E-state index is 14.3. The maximum Gasteiger partial charge on any atom is 0.248 e. The van der Waals surface area contributed by atoms with E-state index in [2.05, 4.69) is 5.32 Å². The van der Waals surface area contributed by atoms with Crippen LogP contribution >= 0.6 is 0 Å². The molecule has 0 saturated heterocycles. The Balaban J connectivity index is 2.44. The fourth-order valence-corrected chi connectivity index (χ4v) is 4.21. The molecule has 2 aromatic carbocycles. The standard InChI is InChI=1S/C20H25FN2O3S/c1-5-18(20(24)22-17-12-8-6-10-15(17)14(2)3)23(27(4,25)26)19-13-9-7-11-16(19)21/h6-14,18H,5H2,1-4H3,(H,22,24)/t18-/m1/s1. The van der Waals surface area contributed by atoms with Crippen molar-refractivity contribution >= 4 is 27.3 Å². The Morgan fingerprint density at radius 3 is 2.26 bits per heavy atom. The summed E-state index contributed by atoms with van der Waals surface area (Å²) in [5.74, 6) is -1.02. The Bertz CT molecular complexity index is 913. The van der Waals surface area contributed by atoms with E-state index in [0.717, 1.165) is 16.1 Å². The molecular formula is C20H25FN2O3S. The first-order valence-corrected chi connectivity index (χ1v) is 10.6. The van der Waals surface area contributed by atoms with Crippen molar-refractivity contribution < 1.29 is 17.6 Å². The summed E-state index contributed by atoms with van der Waals surface area (Å²) in [4.78, 5) is 13.0. The molecule has 0 bridgehead atoms. The van der Waals surface area contributed by atoms with E-state index in [1.54, 1.807) is 19.1 Å². The monoisotopic (exact) mass is 392 g/mol. The van der Waals surface area contributed by atoms with Crippen LogP contribution in [0.2, 0.25) is 0 Å². The summed E-state index contributed by atoms with van der Waals surface area (Å²) in [6, 6.07) is 11.8. The summed E-state index contributed by atoms with van der Waals surface area (Å²) in [6.45, 7) is 5.70. The van der Waals surface area contributed by atoms with Crippen LogP contribution in [-0.2, 0) is 14.8 Å². The van der Waals surface area contributed by atoms with E-state index in [-0.39, 0.29) is 18.0 Å². The molecule has 0 aromatic heterocycles. The van der Waals surface area contributed by atoms with Gasteiger partial charge in [0.15, 0.2) is 0 Å². The molecule has 2 rings (SSSR count). The summed E-state index contributed by atoms with van der Waals surface area (Å²) in [7, 11) is -3.88. The molecule has 0 aliphatic heterocycles. The van der Waals surface area contributed by atoms with E-state index in [0.29, 0.717) is 5.69 Å². The predicted molar refractivity (Wildman–Crippen MR) is 107 cm³/mol. The van der Waals surface area contributed by atoms with Crippen LogP contribution < -0.4 is 9.62 Å². The van der Waals surface area contributed by atoms with Crippen molar-refractivity contribution in [3.8, 4) is 0 Å². The van der Waals surface area contributed by atoms with Crippen LogP contribution in [0.1, 0.15) is 38.7 Å². The number of para-hydroxylation sites is 2. The van der Waals surface area contributed by atoms with Gasteiger partial charge in [0, 0.05) is 5.69 Å². The number of benzene rings is 2. The predicted octanol–water partition coefficient (Wildman–Crippen LogP) is 4.13. The largest absolute Gasteiger partial charge is 0.324 e. The summed E-state index contributed by atoms with van der Waals surface area (Å²) in [5.41, 5.74) is 1.43. The zero-order valence-corrected chi connectivity index (χ0v) is 16.8. The number of amides is 1. The van der Waals surface area contributed by atoms with Crippen molar-refractivity contribution in [1.82, 2.24) is 0 Å². The number of halogens is 1. The molecule has 5 nitrogen and oxygen atoms in total. The van der Waals surface area contributed by atoms with Gasteiger partial charge in [0.2, 0.25) is 15.9 Å². The number of nitrogens with one attached hydrogen (secondary N) is 1. The lowest BCUT2D eigenvalue weighted by atomic mass is 10.0. The summed E-state index contributed by atoms with van der Waals surface area (Å²) >= 11 is 0. The molecule has 7 heteroatoms. The minimum absolute atomic E-state index is 0.140. The van der Waals surface area contributed by atoms with Crippen molar-refractivity contribution in [3.63, 3.8) is 0 Å². The summed E-state index contributed by atoms with van der Waals surface area (Å²) in [5, 5.41) is 2.82. The summed E-state index contributed by atoms with van der Waals surface area (Å²) < 4.78 is 39.9. The fourth-order valence-electron chi connectivity index (χ4n) is 3.00. The number of rotatable bonds is 7. The third kappa shape index (κ3) is 4.86. The molecule has 1 N–H and O–H groups in total. The highest BCUT2D eigenvalue weighted by molar-refractivity contribution is 7.92. The molecule has 0 saturated carbocycles. The highest BCUT2D eigenvalue weighted by Crippen LogP contribution is 2.28. The average molecular weight is 392 g/mol. The van der Waals surface area contributed by atoms with E-state index in [4.69, 9.17) is 0 Å². The van der Waals surface area contributed by atoms with Crippen molar-refractivity contribution in [1.29, 1.82) is 0 Å². The fraction of sp³-hybridized carbons (Fsp3) is 0.350. The van der Waals surface area contributed by atoms with Crippen LogP contribution in [0.25, 0.3) is 0 Å². The molecule has 0 unspecified atom stereocenters. The van der Waals surface area contributed by atoms with Gasteiger partial charge in [-0.3, -0.25) is 9.10 Å². The minimum atomic E-state index is -3.88. The van der Waals surface area contributed by atoms with Crippen LogP contribution in [0.5, 0.6) is 0 Å². The van der Waals surface area contributed by atoms with Gasteiger partial charge in [-0.1, -0.05) is 51.1 Å². The van der Waals surface area contributed by atoms with Gasteiger partial charge in [-0.2, -0.15) is 0 Å². The van der Waals surface area contributed by atoms with E-state index < -0.39 is 27.8 Å². The molecule has 0 spiro atoms. The number of anilines is 2.